The highest BCUT2D eigenvalue weighted by Crippen LogP contribution is 2.27. The predicted molar refractivity (Wildman–Crippen MR) is 52.8 cm³/mol. The number of hydrogen-bond acceptors (Lipinski definition) is 0. The average molecular weight is 231 g/mol. The molecule has 1 aromatic rings. The van der Waals surface area contributed by atoms with Crippen molar-refractivity contribution < 1.29 is 4.39 Å². The first-order chi connectivity index (χ1) is 5.41. The molecule has 2 heteroatoms. The van der Waals surface area contributed by atoms with Gasteiger partial charge in [0.25, 0.3) is 0 Å². The minimum Gasteiger partial charge on any atom is -0.207 e. The molecule has 0 aliphatic heterocycles. The second-order valence-electron chi connectivity index (χ2n) is 3.87. The lowest BCUT2D eigenvalue weighted by atomic mass is 9.87. The minimum atomic E-state index is -0.134. The zero-order chi connectivity index (χ0) is 9.35. The lowest BCUT2D eigenvalue weighted by molar-refractivity contribution is 0.522. The lowest BCUT2D eigenvalue weighted by Crippen LogP contribution is -2.13. The Balaban J connectivity index is 3.23. The Kier molecular flexibility index (Phi) is 2.57. The first-order valence-electron chi connectivity index (χ1n) is 3.87. The predicted octanol–water partition coefficient (Wildman–Crippen LogP) is 3.89. The smallest absolute Gasteiger partial charge is 0.127 e. The van der Waals surface area contributed by atoms with E-state index >= 15 is 0 Å². The summed E-state index contributed by atoms with van der Waals surface area (Å²) in [4.78, 5) is 0. The van der Waals surface area contributed by atoms with E-state index in [1.165, 1.54) is 6.07 Å². The first-order valence-corrected chi connectivity index (χ1v) is 4.66. The molecule has 0 atom stereocenters. The summed E-state index contributed by atoms with van der Waals surface area (Å²) in [5.74, 6) is -0.134. The summed E-state index contributed by atoms with van der Waals surface area (Å²) in [6.45, 7) is 5.99. The number of benzene rings is 1. The summed E-state index contributed by atoms with van der Waals surface area (Å²) >= 11 is 3.32. The van der Waals surface area contributed by atoms with Gasteiger partial charge in [-0.1, -0.05) is 36.7 Å². The van der Waals surface area contributed by atoms with E-state index in [-0.39, 0.29) is 11.2 Å². The molecular formula is C10H12BrF. The number of rotatable bonds is 0. The molecule has 1 aromatic carbocycles. The summed E-state index contributed by atoms with van der Waals surface area (Å²) in [6.07, 6.45) is 0. The van der Waals surface area contributed by atoms with E-state index in [9.17, 15) is 4.39 Å². The molecule has 0 saturated heterocycles. The molecule has 12 heavy (non-hydrogen) atoms. The maximum absolute atomic E-state index is 13.2. The second-order valence-corrected chi connectivity index (χ2v) is 4.79. The van der Waals surface area contributed by atoms with Crippen LogP contribution in [0.3, 0.4) is 0 Å². The molecule has 0 aliphatic carbocycles. The van der Waals surface area contributed by atoms with Crippen molar-refractivity contribution in [3.8, 4) is 0 Å². The largest absolute Gasteiger partial charge is 0.207 e. The molecule has 0 fully saturated rings. The van der Waals surface area contributed by atoms with Crippen molar-refractivity contribution in [2.45, 2.75) is 26.2 Å². The SMILES string of the molecule is CC(C)(C)c1cc(Br)ccc1F. The minimum absolute atomic E-state index is 0.131. The Labute approximate surface area is 80.9 Å². The molecule has 0 nitrogen and oxygen atoms in total. The molecule has 0 aromatic heterocycles. The highest BCUT2D eigenvalue weighted by atomic mass is 79.9. The van der Waals surface area contributed by atoms with E-state index in [4.69, 9.17) is 0 Å². The molecule has 0 saturated carbocycles. The fourth-order valence-corrected chi connectivity index (χ4v) is 1.43. The Morgan fingerprint density at radius 1 is 1.25 bits per heavy atom. The van der Waals surface area contributed by atoms with Crippen LogP contribution in [0.15, 0.2) is 22.7 Å². The normalized spacial score (nSPS) is 11.8. The van der Waals surface area contributed by atoms with Gasteiger partial charge in [0.1, 0.15) is 5.82 Å². The van der Waals surface area contributed by atoms with Gasteiger partial charge < -0.3 is 0 Å². The summed E-state index contributed by atoms with van der Waals surface area (Å²) < 4.78 is 14.2. The average Bonchev–Trinajstić information content (AvgIpc) is 1.92. The topological polar surface area (TPSA) is 0 Å². The third-order valence-electron chi connectivity index (χ3n) is 1.74. The summed E-state index contributed by atoms with van der Waals surface area (Å²) in [5.41, 5.74) is 0.616. The van der Waals surface area contributed by atoms with E-state index in [1.54, 1.807) is 6.07 Å². The van der Waals surface area contributed by atoms with Crippen molar-refractivity contribution in [3.05, 3.63) is 34.1 Å². The van der Waals surface area contributed by atoms with E-state index in [2.05, 4.69) is 15.9 Å². The maximum atomic E-state index is 13.2. The summed E-state index contributed by atoms with van der Waals surface area (Å²) in [6, 6.07) is 5.03. The van der Waals surface area contributed by atoms with Crippen molar-refractivity contribution in [3.63, 3.8) is 0 Å². The molecule has 0 spiro atoms. The van der Waals surface area contributed by atoms with Gasteiger partial charge in [-0.05, 0) is 29.2 Å². The van der Waals surface area contributed by atoms with Crippen LogP contribution in [-0.2, 0) is 5.41 Å². The Morgan fingerprint density at radius 3 is 2.25 bits per heavy atom. The number of halogens is 2. The fourth-order valence-electron chi connectivity index (χ4n) is 1.07. The van der Waals surface area contributed by atoms with Gasteiger partial charge in [-0.25, -0.2) is 4.39 Å². The highest BCUT2D eigenvalue weighted by molar-refractivity contribution is 9.10. The van der Waals surface area contributed by atoms with Crippen molar-refractivity contribution >= 4 is 15.9 Å². The van der Waals surface area contributed by atoms with E-state index in [0.717, 1.165) is 10.0 Å². The molecule has 0 bridgehead atoms. The molecule has 66 valence electrons. The first kappa shape index (κ1) is 9.72. The van der Waals surface area contributed by atoms with Crippen molar-refractivity contribution in [2.24, 2.45) is 0 Å². The van der Waals surface area contributed by atoms with Crippen LogP contribution in [0, 0.1) is 5.82 Å². The molecule has 0 amide bonds. The van der Waals surface area contributed by atoms with Crippen molar-refractivity contribution in [1.82, 2.24) is 0 Å². The van der Waals surface area contributed by atoms with Crippen LogP contribution in [0.2, 0.25) is 0 Å². The van der Waals surface area contributed by atoms with Crippen LogP contribution in [0.1, 0.15) is 26.3 Å². The monoisotopic (exact) mass is 230 g/mol. The van der Waals surface area contributed by atoms with Gasteiger partial charge in [0.15, 0.2) is 0 Å². The second kappa shape index (κ2) is 3.17. The number of hydrogen-bond donors (Lipinski definition) is 0. The van der Waals surface area contributed by atoms with Gasteiger partial charge in [0.2, 0.25) is 0 Å². The lowest BCUT2D eigenvalue weighted by Gasteiger charge is -2.19. The summed E-state index contributed by atoms with van der Waals surface area (Å²) in [5, 5.41) is 0. The van der Waals surface area contributed by atoms with Gasteiger partial charge >= 0.3 is 0 Å². The maximum Gasteiger partial charge on any atom is 0.127 e. The van der Waals surface area contributed by atoms with Crippen LogP contribution < -0.4 is 0 Å². The third-order valence-corrected chi connectivity index (χ3v) is 2.23. The standard InChI is InChI=1S/C10H12BrF/c1-10(2,3)8-6-7(11)4-5-9(8)12/h4-6H,1-3H3. The molecule has 0 heterocycles. The van der Waals surface area contributed by atoms with Crippen LogP contribution in [-0.4, -0.2) is 0 Å². The van der Waals surface area contributed by atoms with Gasteiger partial charge in [-0.15, -0.1) is 0 Å². The summed E-state index contributed by atoms with van der Waals surface area (Å²) in [7, 11) is 0. The van der Waals surface area contributed by atoms with Crippen LogP contribution in [0.4, 0.5) is 4.39 Å². The molecular weight excluding hydrogens is 219 g/mol. The van der Waals surface area contributed by atoms with Crippen molar-refractivity contribution in [2.75, 3.05) is 0 Å². The van der Waals surface area contributed by atoms with Crippen LogP contribution >= 0.6 is 15.9 Å². The van der Waals surface area contributed by atoms with Crippen LogP contribution in [0.5, 0.6) is 0 Å². The van der Waals surface area contributed by atoms with Gasteiger partial charge in [0, 0.05) is 4.47 Å². The van der Waals surface area contributed by atoms with Gasteiger partial charge in [-0.3, -0.25) is 0 Å². The molecule has 0 N–H and O–H groups in total. The van der Waals surface area contributed by atoms with E-state index in [1.807, 2.05) is 26.8 Å². The molecule has 0 unspecified atom stereocenters. The van der Waals surface area contributed by atoms with Gasteiger partial charge in [0.05, 0.1) is 0 Å². The Morgan fingerprint density at radius 2 is 1.83 bits per heavy atom. The van der Waals surface area contributed by atoms with E-state index < -0.39 is 0 Å². The van der Waals surface area contributed by atoms with E-state index in [0.29, 0.717) is 0 Å². The molecule has 0 aliphatic rings. The quantitative estimate of drug-likeness (QED) is 0.635. The zero-order valence-electron chi connectivity index (χ0n) is 7.49. The Hall–Kier alpha value is -0.370. The highest BCUT2D eigenvalue weighted by Gasteiger charge is 2.17. The van der Waals surface area contributed by atoms with Gasteiger partial charge in [-0.2, -0.15) is 0 Å². The van der Waals surface area contributed by atoms with Crippen molar-refractivity contribution in [1.29, 1.82) is 0 Å². The third kappa shape index (κ3) is 2.07. The molecule has 1 rings (SSSR count). The van der Waals surface area contributed by atoms with Crippen LogP contribution in [0.25, 0.3) is 0 Å². The zero-order valence-corrected chi connectivity index (χ0v) is 9.07. The Bertz CT molecular complexity index is 286. The fraction of sp³-hybridized carbons (Fsp3) is 0.400. The molecule has 0 radical (unpaired) electrons.